The van der Waals surface area contributed by atoms with Crippen LogP contribution < -0.4 is 36.4 Å². The van der Waals surface area contributed by atoms with Gasteiger partial charge in [0.15, 0.2) is 12.5 Å². The third-order valence-electron chi connectivity index (χ3n) is 12.3. The monoisotopic (exact) mass is 1070 g/mol. The zero-order valence-corrected chi connectivity index (χ0v) is 43.9. The molecular formula is C47H64N8O17P2. The van der Waals surface area contributed by atoms with Crippen molar-refractivity contribution in [1.29, 1.82) is 0 Å². The van der Waals surface area contributed by atoms with Gasteiger partial charge in [-0.1, -0.05) is 43.0 Å². The molecule has 0 amide bonds. The number of rotatable bonds is 20. The number of hydrogen-bond acceptors (Lipinski definition) is 22. The van der Waals surface area contributed by atoms with E-state index in [2.05, 4.69) is 26.7 Å². The molecule has 0 radical (unpaired) electrons. The summed E-state index contributed by atoms with van der Waals surface area (Å²) in [7, 11) is -8.42. The second kappa shape index (κ2) is 22.0. The maximum absolute atomic E-state index is 13.9. The number of amidine groups is 1. The van der Waals surface area contributed by atoms with Gasteiger partial charge in [-0.3, -0.25) is 23.2 Å². The smallest absolute Gasteiger partial charge is 0.459 e. The first-order chi connectivity index (χ1) is 34.7. The molecule has 3 aromatic rings. The van der Waals surface area contributed by atoms with Crippen molar-refractivity contribution in [3.8, 4) is 11.5 Å². The summed E-state index contributed by atoms with van der Waals surface area (Å²) in [5.74, 6) is -0.186. The summed E-state index contributed by atoms with van der Waals surface area (Å²) in [6.07, 6.45) is -0.470. The van der Waals surface area contributed by atoms with Crippen LogP contribution in [0, 0.1) is 0 Å². The molecule has 4 saturated heterocycles. The minimum atomic E-state index is -4.24. The molecule has 0 saturated carbocycles. The molecule has 0 spiro atoms. The molecule has 25 nitrogen and oxygen atoms in total. The molecule has 2 aromatic carbocycles. The van der Waals surface area contributed by atoms with Crippen molar-refractivity contribution in [2.75, 3.05) is 32.2 Å². The molecule has 4 fully saturated rings. The number of hydrogen-bond donors (Lipinski definition) is 6. The zero-order chi connectivity index (χ0) is 54.0. The number of para-hydroxylation sites is 2. The fourth-order valence-electron chi connectivity index (χ4n) is 8.54. The molecule has 8 rings (SSSR count). The summed E-state index contributed by atoms with van der Waals surface area (Å²) in [6.45, 7) is 15.9. The number of aliphatic hydroxyl groups excluding tert-OH is 2. The first-order valence-electron chi connectivity index (χ1n) is 23.5. The number of anilines is 1. The molecule has 74 heavy (non-hydrogen) atoms. The minimum Gasteiger partial charge on any atom is -0.462 e. The molecular weight excluding hydrogens is 1010 g/mol. The van der Waals surface area contributed by atoms with Gasteiger partial charge in [0.2, 0.25) is 0 Å². The van der Waals surface area contributed by atoms with Crippen LogP contribution in [0.1, 0.15) is 61.6 Å². The van der Waals surface area contributed by atoms with E-state index in [1.54, 1.807) is 119 Å². The van der Waals surface area contributed by atoms with Gasteiger partial charge in [0.05, 0.1) is 38.6 Å². The van der Waals surface area contributed by atoms with E-state index in [9.17, 15) is 33.7 Å². The molecule has 27 heteroatoms. The number of fused-ring (bicyclic) bond motifs is 4. The summed E-state index contributed by atoms with van der Waals surface area (Å²) in [5.41, 5.74) is 5.23. The molecule has 0 unspecified atom stereocenters. The standard InChI is InChI=1S/C24H33N4O8P.C23H31N4O9P/c1-15(2)34-20(29)16(3)27-37(31,36-18-9-7-6-8-10-18)33-14-24-13-32-23(5,21(24)30)22(35-24)28-12-11-19(25)26-17(28)4;1-14(2)34-18(28)15(3)26-37(31,36-16-8-6-5-7-9-16)33-13-23-12-32-22(4,19(23)29)20(35-23)27-11-10-17(24)25-21(27)30/h6-12,15-16,21-22,30H,4,13-14H2,1-3,5H3,(H2,25,26)(H,27,31);5-11,14-15,19-20,29H,12-13H2,1-4H3,(H,26,31)(H2,24,25,30)/t16-,21-,22+,23+,24+,37-;15-,19-,20+,22+,23+,37+/m00/s1. The van der Waals surface area contributed by atoms with Gasteiger partial charge in [0, 0.05) is 12.4 Å². The Labute approximate surface area is 427 Å². The van der Waals surface area contributed by atoms with E-state index >= 15 is 0 Å². The van der Waals surface area contributed by atoms with Gasteiger partial charge < -0.3 is 64.0 Å². The Morgan fingerprint density at radius 3 is 1.65 bits per heavy atom. The Morgan fingerprint density at radius 2 is 1.22 bits per heavy atom. The van der Waals surface area contributed by atoms with Crippen molar-refractivity contribution in [2.45, 2.75) is 127 Å². The van der Waals surface area contributed by atoms with Crippen LogP contribution in [0.4, 0.5) is 5.82 Å². The highest BCUT2D eigenvalue weighted by Crippen LogP contribution is 2.56. The van der Waals surface area contributed by atoms with Crippen LogP contribution in [0.15, 0.2) is 107 Å². The fraction of sp³-hybridized carbons (Fsp3) is 0.511. The lowest BCUT2D eigenvalue weighted by molar-refractivity contribution is -0.216. The minimum absolute atomic E-state index is 0.0317. The lowest BCUT2D eigenvalue weighted by atomic mass is 9.91. The highest BCUT2D eigenvalue weighted by Gasteiger charge is 2.71. The Balaban J connectivity index is 0.000000216. The predicted molar refractivity (Wildman–Crippen MR) is 265 cm³/mol. The van der Waals surface area contributed by atoms with E-state index in [-0.39, 0.29) is 55.2 Å². The number of nitrogen functional groups attached to an aromatic ring is 1. The number of aromatic nitrogens is 2. The summed E-state index contributed by atoms with van der Waals surface area (Å²) >= 11 is 0. The summed E-state index contributed by atoms with van der Waals surface area (Å²) in [5, 5.41) is 27.6. The van der Waals surface area contributed by atoms with E-state index in [1.807, 2.05) is 0 Å². The van der Waals surface area contributed by atoms with Gasteiger partial charge in [0.1, 0.15) is 75.7 Å². The van der Waals surface area contributed by atoms with E-state index in [4.69, 9.17) is 58.0 Å². The Kier molecular flexibility index (Phi) is 16.7. The molecule has 5 aliphatic rings. The second-order valence-corrected chi connectivity index (χ2v) is 22.4. The number of aliphatic imine (C=N–C) groups is 1. The summed E-state index contributed by atoms with van der Waals surface area (Å²) < 4.78 is 86.3. The van der Waals surface area contributed by atoms with Gasteiger partial charge >= 0.3 is 33.1 Å². The van der Waals surface area contributed by atoms with Crippen LogP contribution in [0.25, 0.3) is 0 Å². The predicted octanol–water partition coefficient (Wildman–Crippen LogP) is 3.40. The third-order valence-corrected chi connectivity index (χ3v) is 15.6. The summed E-state index contributed by atoms with van der Waals surface area (Å²) in [6, 6.07) is 16.0. The molecule has 6 heterocycles. The lowest BCUT2D eigenvalue weighted by Gasteiger charge is -2.40. The Morgan fingerprint density at radius 1 is 0.770 bits per heavy atom. The van der Waals surface area contributed by atoms with Crippen LogP contribution >= 0.6 is 15.5 Å². The molecule has 1 aromatic heterocycles. The average molecular weight is 1080 g/mol. The Bertz CT molecular complexity index is 2760. The van der Waals surface area contributed by atoms with Crippen LogP contribution in [-0.4, -0.2) is 134 Å². The normalized spacial score (nSPS) is 30.2. The lowest BCUT2D eigenvalue weighted by Crippen LogP contribution is -2.52. The first-order valence-corrected chi connectivity index (χ1v) is 26.6. The van der Waals surface area contributed by atoms with Crippen molar-refractivity contribution in [3.63, 3.8) is 0 Å². The van der Waals surface area contributed by atoms with Gasteiger partial charge in [-0.25, -0.2) is 18.9 Å². The molecule has 404 valence electrons. The van der Waals surface area contributed by atoms with Crippen LogP contribution in [0.3, 0.4) is 0 Å². The SMILES string of the molecule is C=C1N=C(N)C=CN1[C@@H]1O[C@@]2(CO[P@@](=O)(N[C@@H](C)C(=O)OC(C)C)Oc3ccccc3)CO[C@]1(C)[C@@H]2O.CC(C)OC(=O)[C@H](C)N[P@@](=O)(OC[C@]12CO[C@](C)([C@@H]1O)[C@H](n1ccc(N)nc1=O)O2)Oc1ccccc1. The van der Waals surface area contributed by atoms with E-state index < -0.39 is 98.9 Å². The number of carbonyl (C=O) groups excluding carboxylic acids is 2. The van der Waals surface area contributed by atoms with Gasteiger partial charge in [0.25, 0.3) is 0 Å². The van der Waals surface area contributed by atoms with Gasteiger partial charge in [-0.2, -0.15) is 15.2 Å². The number of benzene rings is 2. The molecule has 4 bridgehead atoms. The zero-order valence-electron chi connectivity index (χ0n) is 42.1. The van der Waals surface area contributed by atoms with E-state index in [0.29, 0.717) is 5.82 Å². The topological polar surface area (TPSA) is 328 Å². The van der Waals surface area contributed by atoms with E-state index in [0.717, 1.165) is 4.57 Å². The number of nitrogens with one attached hydrogen (secondary N) is 2. The third kappa shape index (κ3) is 11.9. The van der Waals surface area contributed by atoms with Crippen molar-refractivity contribution in [1.82, 2.24) is 24.6 Å². The molecule has 0 aliphatic carbocycles. The summed E-state index contributed by atoms with van der Waals surface area (Å²) in [4.78, 5) is 46.7. The molecule has 12 atom stereocenters. The van der Waals surface area contributed by atoms with Crippen molar-refractivity contribution in [3.05, 3.63) is 108 Å². The maximum atomic E-state index is 13.9. The van der Waals surface area contributed by atoms with Gasteiger partial charge in [-0.05, 0) is 91.8 Å². The number of aliphatic hydroxyl groups is 2. The van der Waals surface area contributed by atoms with Crippen LogP contribution in [-0.2, 0) is 56.2 Å². The van der Waals surface area contributed by atoms with Crippen LogP contribution in [0.5, 0.6) is 11.5 Å². The second-order valence-electron chi connectivity index (χ2n) is 19.1. The van der Waals surface area contributed by atoms with Crippen molar-refractivity contribution >= 4 is 39.1 Å². The van der Waals surface area contributed by atoms with Crippen LogP contribution in [0.2, 0.25) is 0 Å². The van der Waals surface area contributed by atoms with E-state index in [1.165, 1.54) is 26.1 Å². The van der Waals surface area contributed by atoms with Crippen molar-refractivity contribution < 1.29 is 75.4 Å². The number of nitrogens with two attached hydrogens (primary N) is 2. The highest BCUT2D eigenvalue weighted by molar-refractivity contribution is 7.52. The number of carbonyl (C=O) groups is 2. The molecule has 8 N–H and O–H groups in total. The Hall–Kier alpha value is -5.53. The van der Waals surface area contributed by atoms with Crippen molar-refractivity contribution in [2.24, 2.45) is 10.7 Å². The van der Waals surface area contributed by atoms with Gasteiger partial charge in [-0.15, -0.1) is 0 Å². The molecule has 5 aliphatic heterocycles. The number of esters is 2. The average Bonchev–Trinajstić information content (AvgIpc) is 3.90. The first kappa shape index (κ1) is 56.2. The number of ether oxygens (including phenoxy) is 6. The quantitative estimate of drug-likeness (QED) is 0.0697. The number of nitrogens with zero attached hydrogens (tertiary/aromatic N) is 4. The fourth-order valence-corrected chi connectivity index (χ4v) is 11.6. The maximum Gasteiger partial charge on any atom is 0.459 e. The largest absolute Gasteiger partial charge is 0.462 e. The highest BCUT2D eigenvalue weighted by atomic mass is 31.2.